The van der Waals surface area contributed by atoms with E-state index in [-0.39, 0.29) is 5.56 Å². The van der Waals surface area contributed by atoms with Crippen molar-refractivity contribution in [2.24, 2.45) is 0 Å². The molecule has 0 bridgehead atoms. The van der Waals surface area contributed by atoms with Crippen molar-refractivity contribution in [3.8, 4) is 12.3 Å². The van der Waals surface area contributed by atoms with Crippen molar-refractivity contribution in [3.05, 3.63) is 33.8 Å². The molecule has 0 aromatic heterocycles. The summed E-state index contributed by atoms with van der Waals surface area (Å²) in [6.07, 6.45) is 5.11. The Morgan fingerprint density at radius 2 is 2.25 bits per heavy atom. The van der Waals surface area contributed by atoms with Crippen molar-refractivity contribution < 1.29 is 9.90 Å². The van der Waals surface area contributed by atoms with E-state index in [0.29, 0.717) is 10.0 Å². The minimum absolute atomic E-state index is 0.145. The lowest BCUT2D eigenvalue weighted by atomic mass is 10.1. The fraction of sp³-hybridized carbons (Fsp3) is 0. The lowest BCUT2D eigenvalue weighted by Gasteiger charge is -1.98. The highest BCUT2D eigenvalue weighted by atomic mass is 79.9. The van der Waals surface area contributed by atoms with Crippen LogP contribution in [0.5, 0.6) is 0 Å². The molecule has 2 nitrogen and oxygen atoms in total. The van der Waals surface area contributed by atoms with Gasteiger partial charge in [-0.05, 0) is 18.2 Å². The van der Waals surface area contributed by atoms with Crippen LogP contribution in [0.15, 0.2) is 22.7 Å². The van der Waals surface area contributed by atoms with Gasteiger partial charge in [0, 0.05) is 10.0 Å². The summed E-state index contributed by atoms with van der Waals surface area (Å²) in [7, 11) is 0. The maximum atomic E-state index is 10.6. The number of carboxylic acid groups (broad SMARTS) is 1. The zero-order valence-corrected chi connectivity index (χ0v) is 7.63. The quantitative estimate of drug-likeness (QED) is 0.743. The van der Waals surface area contributed by atoms with Crippen LogP contribution < -0.4 is 0 Å². The molecular weight excluding hydrogens is 220 g/mol. The Balaban J connectivity index is 3.34. The van der Waals surface area contributed by atoms with Crippen LogP contribution in [0.3, 0.4) is 0 Å². The molecule has 0 spiro atoms. The van der Waals surface area contributed by atoms with Crippen molar-refractivity contribution in [2.75, 3.05) is 0 Å². The fourth-order valence-electron chi connectivity index (χ4n) is 0.819. The van der Waals surface area contributed by atoms with E-state index in [1.165, 1.54) is 6.07 Å². The van der Waals surface area contributed by atoms with Crippen LogP contribution in [0.4, 0.5) is 0 Å². The van der Waals surface area contributed by atoms with E-state index >= 15 is 0 Å². The van der Waals surface area contributed by atoms with Crippen molar-refractivity contribution in [1.82, 2.24) is 0 Å². The maximum absolute atomic E-state index is 10.6. The summed E-state index contributed by atoms with van der Waals surface area (Å²) in [5, 5.41) is 8.70. The Labute approximate surface area is 78.3 Å². The van der Waals surface area contributed by atoms with Crippen molar-refractivity contribution >= 4 is 21.9 Å². The molecule has 0 radical (unpaired) electrons. The number of halogens is 1. The second-order valence-electron chi connectivity index (χ2n) is 2.14. The zero-order chi connectivity index (χ0) is 9.14. The predicted octanol–water partition coefficient (Wildman–Crippen LogP) is 2.13. The van der Waals surface area contributed by atoms with Crippen LogP contribution in [0.2, 0.25) is 0 Å². The molecule has 0 saturated carbocycles. The average molecular weight is 225 g/mol. The predicted molar refractivity (Wildman–Crippen MR) is 49.0 cm³/mol. The average Bonchev–Trinajstić information content (AvgIpc) is 2.04. The Morgan fingerprint density at radius 1 is 1.58 bits per heavy atom. The molecule has 0 amide bonds. The number of rotatable bonds is 1. The zero-order valence-electron chi connectivity index (χ0n) is 6.04. The van der Waals surface area contributed by atoms with Gasteiger partial charge in [0.15, 0.2) is 0 Å². The highest BCUT2D eigenvalue weighted by Gasteiger charge is 2.07. The molecular formula is C9H5BrO2. The number of carboxylic acids is 1. The molecule has 0 aliphatic carbocycles. The van der Waals surface area contributed by atoms with Gasteiger partial charge < -0.3 is 5.11 Å². The first-order valence-corrected chi connectivity index (χ1v) is 3.94. The Morgan fingerprint density at radius 3 is 2.75 bits per heavy atom. The summed E-state index contributed by atoms with van der Waals surface area (Å²) >= 11 is 3.16. The normalized spacial score (nSPS) is 9.00. The number of aromatic carboxylic acids is 1. The van der Waals surface area contributed by atoms with Gasteiger partial charge in [0.2, 0.25) is 0 Å². The number of benzene rings is 1. The largest absolute Gasteiger partial charge is 0.478 e. The molecule has 1 aromatic rings. The Bertz CT molecular complexity index is 363. The Hall–Kier alpha value is -1.27. The van der Waals surface area contributed by atoms with Crippen molar-refractivity contribution in [2.45, 2.75) is 0 Å². The smallest absolute Gasteiger partial charge is 0.337 e. The first-order chi connectivity index (χ1) is 5.65. The maximum Gasteiger partial charge on any atom is 0.337 e. The summed E-state index contributed by atoms with van der Waals surface area (Å²) in [6, 6.07) is 4.78. The minimum Gasteiger partial charge on any atom is -0.478 e. The summed E-state index contributed by atoms with van der Waals surface area (Å²) in [4.78, 5) is 10.6. The van der Waals surface area contributed by atoms with Gasteiger partial charge in [-0.25, -0.2) is 4.79 Å². The lowest BCUT2D eigenvalue weighted by Crippen LogP contribution is -1.99. The highest BCUT2D eigenvalue weighted by molar-refractivity contribution is 9.10. The lowest BCUT2D eigenvalue weighted by molar-refractivity contribution is 0.0696. The monoisotopic (exact) mass is 224 g/mol. The van der Waals surface area contributed by atoms with Crippen LogP contribution in [0.1, 0.15) is 15.9 Å². The third kappa shape index (κ3) is 1.66. The molecule has 0 saturated heterocycles. The third-order valence-electron chi connectivity index (χ3n) is 1.37. The molecule has 0 fully saturated rings. The van der Waals surface area contributed by atoms with E-state index in [4.69, 9.17) is 11.5 Å². The molecule has 12 heavy (non-hydrogen) atoms. The molecule has 1 aromatic carbocycles. The summed E-state index contributed by atoms with van der Waals surface area (Å²) in [6.45, 7) is 0. The van der Waals surface area contributed by atoms with Gasteiger partial charge in [0.05, 0.1) is 5.56 Å². The number of carbonyl (C=O) groups is 1. The molecule has 60 valence electrons. The van der Waals surface area contributed by atoms with E-state index < -0.39 is 5.97 Å². The summed E-state index contributed by atoms with van der Waals surface area (Å²) in [5.41, 5.74) is 0.539. The van der Waals surface area contributed by atoms with Crippen LogP contribution in [-0.4, -0.2) is 11.1 Å². The van der Waals surface area contributed by atoms with Crippen LogP contribution in [0, 0.1) is 12.3 Å². The molecule has 3 heteroatoms. The molecule has 0 aliphatic rings. The standard InChI is InChI=1S/C9H5BrO2/c1-2-6-3-4-7(10)5-8(6)9(11)12/h1,3-5H,(H,11,12). The topological polar surface area (TPSA) is 37.3 Å². The number of hydrogen-bond donors (Lipinski definition) is 1. The number of hydrogen-bond acceptors (Lipinski definition) is 1. The summed E-state index contributed by atoms with van der Waals surface area (Å²) < 4.78 is 0.707. The van der Waals surface area contributed by atoms with Gasteiger partial charge in [-0.3, -0.25) is 0 Å². The Kier molecular flexibility index (Phi) is 2.51. The second kappa shape index (κ2) is 3.42. The molecule has 0 unspecified atom stereocenters. The van der Waals surface area contributed by atoms with Gasteiger partial charge in [-0.1, -0.05) is 21.9 Å². The summed E-state index contributed by atoms with van der Waals surface area (Å²) in [5.74, 6) is 1.29. The molecule has 1 N–H and O–H groups in total. The van der Waals surface area contributed by atoms with Crippen LogP contribution in [0.25, 0.3) is 0 Å². The van der Waals surface area contributed by atoms with Gasteiger partial charge in [-0.15, -0.1) is 6.42 Å². The molecule has 0 heterocycles. The number of terminal acetylenes is 1. The van der Waals surface area contributed by atoms with E-state index in [1.807, 2.05) is 0 Å². The molecule has 0 aliphatic heterocycles. The first-order valence-electron chi connectivity index (χ1n) is 3.14. The van der Waals surface area contributed by atoms with Gasteiger partial charge in [-0.2, -0.15) is 0 Å². The van der Waals surface area contributed by atoms with Crippen LogP contribution in [-0.2, 0) is 0 Å². The van der Waals surface area contributed by atoms with E-state index in [9.17, 15) is 4.79 Å². The SMILES string of the molecule is C#Cc1ccc(Br)cc1C(=O)O. The van der Waals surface area contributed by atoms with Gasteiger partial charge >= 0.3 is 5.97 Å². The van der Waals surface area contributed by atoms with E-state index in [0.717, 1.165) is 0 Å². The van der Waals surface area contributed by atoms with Crippen molar-refractivity contribution in [3.63, 3.8) is 0 Å². The first kappa shape index (κ1) is 8.82. The van der Waals surface area contributed by atoms with Gasteiger partial charge in [0.25, 0.3) is 0 Å². The fourth-order valence-corrected chi connectivity index (χ4v) is 1.18. The second-order valence-corrected chi connectivity index (χ2v) is 3.06. The molecule has 1 rings (SSSR count). The van der Waals surface area contributed by atoms with E-state index in [1.54, 1.807) is 12.1 Å². The van der Waals surface area contributed by atoms with Crippen LogP contribution >= 0.6 is 15.9 Å². The third-order valence-corrected chi connectivity index (χ3v) is 1.86. The minimum atomic E-state index is -1.01. The highest BCUT2D eigenvalue weighted by Crippen LogP contribution is 2.15. The van der Waals surface area contributed by atoms with E-state index in [2.05, 4.69) is 21.9 Å². The van der Waals surface area contributed by atoms with Crippen molar-refractivity contribution in [1.29, 1.82) is 0 Å². The molecule has 0 atom stereocenters. The van der Waals surface area contributed by atoms with Gasteiger partial charge in [0.1, 0.15) is 0 Å².